The molecular formula is C16H21N3O5. The Hall–Kier alpha value is -2.64. The van der Waals surface area contributed by atoms with Crippen LogP contribution in [0.3, 0.4) is 0 Å². The highest BCUT2D eigenvalue weighted by molar-refractivity contribution is 5.86. The fraction of sp³-hybridized carbons (Fsp3) is 0.500. The summed E-state index contributed by atoms with van der Waals surface area (Å²) < 4.78 is 11.1. The Morgan fingerprint density at radius 2 is 1.96 bits per heavy atom. The van der Waals surface area contributed by atoms with E-state index in [0.717, 1.165) is 4.68 Å². The Morgan fingerprint density at radius 3 is 2.58 bits per heavy atom. The third kappa shape index (κ3) is 4.21. The molecule has 8 nitrogen and oxygen atoms in total. The number of carbonyl (C=O) groups excluding carboxylic acids is 2. The monoisotopic (exact) mass is 335 g/mol. The van der Waals surface area contributed by atoms with Gasteiger partial charge in [-0.2, -0.15) is 9.78 Å². The number of amides is 1. The summed E-state index contributed by atoms with van der Waals surface area (Å²) in [6.45, 7) is 6.03. The van der Waals surface area contributed by atoms with E-state index in [9.17, 15) is 14.4 Å². The van der Waals surface area contributed by atoms with Crippen LogP contribution >= 0.6 is 0 Å². The van der Waals surface area contributed by atoms with Crippen molar-refractivity contribution < 1.29 is 19.1 Å². The number of nitrogens with zero attached hydrogens (tertiary/aromatic N) is 3. The predicted molar refractivity (Wildman–Crippen MR) is 86.5 cm³/mol. The highest BCUT2D eigenvalue weighted by atomic mass is 16.6. The van der Waals surface area contributed by atoms with Crippen LogP contribution < -0.4 is 5.56 Å². The SMILES string of the molecule is COC(=O)c1ccc(=O)n(C2=CCCN(C(=O)OC(C)(C)C)C2)n1. The lowest BCUT2D eigenvalue weighted by Crippen LogP contribution is -2.41. The van der Waals surface area contributed by atoms with Crippen molar-refractivity contribution in [3.8, 4) is 0 Å². The molecule has 2 heterocycles. The van der Waals surface area contributed by atoms with E-state index in [2.05, 4.69) is 9.84 Å². The average Bonchev–Trinajstić information content (AvgIpc) is 2.53. The molecular weight excluding hydrogens is 314 g/mol. The molecule has 0 atom stereocenters. The van der Waals surface area contributed by atoms with Crippen LogP contribution in [-0.2, 0) is 9.47 Å². The van der Waals surface area contributed by atoms with Gasteiger partial charge in [0.05, 0.1) is 19.4 Å². The van der Waals surface area contributed by atoms with Gasteiger partial charge in [0, 0.05) is 12.6 Å². The molecule has 0 aliphatic carbocycles. The van der Waals surface area contributed by atoms with E-state index in [1.54, 1.807) is 20.8 Å². The van der Waals surface area contributed by atoms with Gasteiger partial charge in [0.25, 0.3) is 5.56 Å². The highest BCUT2D eigenvalue weighted by Gasteiger charge is 2.25. The topological polar surface area (TPSA) is 90.7 Å². The van der Waals surface area contributed by atoms with Crippen molar-refractivity contribution in [2.45, 2.75) is 32.8 Å². The van der Waals surface area contributed by atoms with E-state index in [1.807, 2.05) is 6.08 Å². The molecule has 1 aromatic rings. The molecule has 0 radical (unpaired) electrons. The molecule has 0 fully saturated rings. The molecule has 0 N–H and O–H groups in total. The maximum absolute atomic E-state index is 12.2. The van der Waals surface area contributed by atoms with E-state index in [-0.39, 0.29) is 17.8 Å². The molecule has 24 heavy (non-hydrogen) atoms. The number of rotatable bonds is 2. The normalized spacial score (nSPS) is 14.8. The standard InChI is InChI=1S/C16H21N3O5/c1-16(2,3)24-15(22)18-9-5-6-11(10-18)19-13(20)8-7-12(17-19)14(21)23-4/h6-8H,5,9-10H2,1-4H3. The van der Waals surface area contributed by atoms with Gasteiger partial charge in [-0.05, 0) is 33.3 Å². The van der Waals surface area contributed by atoms with Crippen LogP contribution in [-0.4, -0.2) is 52.5 Å². The molecule has 1 aliphatic heterocycles. The lowest BCUT2D eigenvalue weighted by Gasteiger charge is -2.30. The summed E-state index contributed by atoms with van der Waals surface area (Å²) in [5.41, 5.74) is -0.451. The van der Waals surface area contributed by atoms with Gasteiger partial charge >= 0.3 is 12.1 Å². The first-order valence-corrected chi connectivity index (χ1v) is 7.57. The Labute approximate surface area is 139 Å². The smallest absolute Gasteiger partial charge is 0.410 e. The third-order valence-corrected chi connectivity index (χ3v) is 3.25. The fourth-order valence-corrected chi connectivity index (χ4v) is 2.19. The number of aromatic nitrogens is 2. The van der Waals surface area contributed by atoms with Gasteiger partial charge in [0.1, 0.15) is 5.60 Å². The number of hydrogen-bond acceptors (Lipinski definition) is 6. The molecule has 0 aromatic carbocycles. The van der Waals surface area contributed by atoms with Crippen molar-refractivity contribution in [3.05, 3.63) is 34.3 Å². The van der Waals surface area contributed by atoms with Gasteiger partial charge in [0.15, 0.2) is 5.69 Å². The van der Waals surface area contributed by atoms with Crippen LogP contribution in [0.15, 0.2) is 23.0 Å². The van der Waals surface area contributed by atoms with Crippen LogP contribution in [0.4, 0.5) is 4.79 Å². The lowest BCUT2D eigenvalue weighted by atomic mass is 10.2. The molecule has 130 valence electrons. The lowest BCUT2D eigenvalue weighted by molar-refractivity contribution is 0.0269. The van der Waals surface area contributed by atoms with Gasteiger partial charge in [0.2, 0.25) is 0 Å². The highest BCUT2D eigenvalue weighted by Crippen LogP contribution is 2.16. The maximum Gasteiger partial charge on any atom is 0.410 e. The van der Waals surface area contributed by atoms with Crippen molar-refractivity contribution in [2.24, 2.45) is 0 Å². The zero-order valence-electron chi connectivity index (χ0n) is 14.2. The minimum atomic E-state index is -0.635. The van der Waals surface area contributed by atoms with E-state index >= 15 is 0 Å². The number of ether oxygens (including phenoxy) is 2. The predicted octanol–water partition coefficient (Wildman–Crippen LogP) is 1.51. The van der Waals surface area contributed by atoms with Gasteiger partial charge in [-0.3, -0.25) is 4.79 Å². The Kier molecular flexibility index (Phi) is 5.06. The molecule has 1 amide bonds. The quantitative estimate of drug-likeness (QED) is 0.761. The van der Waals surface area contributed by atoms with Crippen LogP contribution in [0.1, 0.15) is 37.7 Å². The van der Waals surface area contributed by atoms with Gasteiger partial charge in [-0.25, -0.2) is 9.59 Å². The zero-order chi connectivity index (χ0) is 17.9. The molecule has 0 saturated heterocycles. The Bertz CT molecular complexity index is 730. The Morgan fingerprint density at radius 1 is 1.25 bits per heavy atom. The van der Waals surface area contributed by atoms with Crippen molar-refractivity contribution in [2.75, 3.05) is 20.2 Å². The first-order chi connectivity index (χ1) is 11.2. The fourth-order valence-electron chi connectivity index (χ4n) is 2.19. The second-order valence-electron chi connectivity index (χ2n) is 6.35. The van der Waals surface area contributed by atoms with Crippen LogP contribution in [0.25, 0.3) is 5.70 Å². The molecule has 0 spiro atoms. The molecule has 8 heteroatoms. The first-order valence-electron chi connectivity index (χ1n) is 7.57. The van der Waals surface area contributed by atoms with Crippen molar-refractivity contribution in [3.63, 3.8) is 0 Å². The van der Waals surface area contributed by atoms with Crippen molar-refractivity contribution in [1.29, 1.82) is 0 Å². The van der Waals surface area contributed by atoms with E-state index in [0.29, 0.717) is 18.7 Å². The summed E-state index contributed by atoms with van der Waals surface area (Å²) in [5, 5.41) is 4.02. The summed E-state index contributed by atoms with van der Waals surface area (Å²) in [4.78, 5) is 37.3. The minimum absolute atomic E-state index is 0.0207. The molecule has 0 bridgehead atoms. The van der Waals surface area contributed by atoms with Gasteiger partial charge in [-0.1, -0.05) is 6.08 Å². The first kappa shape index (κ1) is 17.7. The van der Waals surface area contributed by atoms with Crippen LogP contribution in [0, 0.1) is 0 Å². The number of carbonyl (C=O) groups is 2. The van der Waals surface area contributed by atoms with Gasteiger partial charge in [-0.15, -0.1) is 0 Å². The number of methoxy groups -OCH3 is 1. The third-order valence-electron chi connectivity index (χ3n) is 3.25. The van der Waals surface area contributed by atoms with E-state index < -0.39 is 17.7 Å². The van der Waals surface area contributed by atoms with E-state index in [4.69, 9.17) is 4.74 Å². The molecule has 0 unspecified atom stereocenters. The second-order valence-corrected chi connectivity index (χ2v) is 6.35. The van der Waals surface area contributed by atoms with Gasteiger partial charge < -0.3 is 14.4 Å². The van der Waals surface area contributed by atoms with E-state index in [1.165, 1.54) is 24.1 Å². The molecule has 2 rings (SSSR count). The summed E-state index contributed by atoms with van der Waals surface area (Å²) in [6, 6.07) is 2.55. The summed E-state index contributed by atoms with van der Waals surface area (Å²) in [5.74, 6) is -0.635. The molecule has 1 aromatic heterocycles. The average molecular weight is 335 g/mol. The maximum atomic E-state index is 12.2. The van der Waals surface area contributed by atoms with Crippen molar-refractivity contribution >= 4 is 17.8 Å². The molecule has 1 aliphatic rings. The Balaban J connectivity index is 2.24. The zero-order valence-corrected chi connectivity index (χ0v) is 14.2. The second kappa shape index (κ2) is 6.86. The molecule has 0 saturated carbocycles. The van der Waals surface area contributed by atoms with Crippen LogP contribution in [0.2, 0.25) is 0 Å². The summed E-state index contributed by atoms with van der Waals surface area (Å²) in [7, 11) is 1.24. The largest absolute Gasteiger partial charge is 0.464 e. The van der Waals surface area contributed by atoms with Crippen LogP contribution in [0.5, 0.6) is 0 Å². The number of hydrogen-bond donors (Lipinski definition) is 0. The summed E-state index contributed by atoms with van der Waals surface area (Å²) in [6.07, 6.45) is 1.92. The van der Waals surface area contributed by atoms with Crippen molar-refractivity contribution in [1.82, 2.24) is 14.7 Å². The minimum Gasteiger partial charge on any atom is -0.464 e. The number of esters is 1. The summed E-state index contributed by atoms with van der Waals surface area (Å²) >= 11 is 0.